The summed E-state index contributed by atoms with van der Waals surface area (Å²) in [7, 11) is 0. The fraction of sp³-hybridized carbons (Fsp3) is 1.00. The minimum absolute atomic E-state index is 0.613. The molecule has 1 atom stereocenters. The molecule has 0 aromatic rings. The van der Waals surface area contributed by atoms with Gasteiger partial charge in [0.15, 0.2) is 0 Å². The average Bonchev–Trinajstić information content (AvgIpc) is 1.38. The van der Waals surface area contributed by atoms with Crippen molar-refractivity contribution in [2.75, 3.05) is 5.33 Å². The molecule has 2 heteroatoms. The van der Waals surface area contributed by atoms with Gasteiger partial charge >= 0.3 is 0 Å². The van der Waals surface area contributed by atoms with Crippen molar-refractivity contribution in [2.24, 2.45) is 0 Å². The van der Waals surface area contributed by atoms with Gasteiger partial charge < -0.3 is 0 Å². The van der Waals surface area contributed by atoms with Crippen LogP contribution < -0.4 is 0 Å². The first kappa shape index (κ1) is 5.96. The van der Waals surface area contributed by atoms with Crippen molar-refractivity contribution >= 4 is 31.9 Å². The Kier molecular flexibility index (Phi) is 3.77. The maximum Gasteiger partial charge on any atom is 0.0214 e. The summed E-state index contributed by atoms with van der Waals surface area (Å²) < 4.78 is 0. The minimum atomic E-state index is 0.613. The highest BCUT2D eigenvalue weighted by atomic mass is 79.9. The molecule has 0 N–H and O–H groups in total. The molecule has 0 aliphatic heterocycles. The lowest BCUT2D eigenvalue weighted by molar-refractivity contribution is 1.17. The number of alkyl halides is 2. The number of halogens is 2. The first-order chi connectivity index (χ1) is 2.27. The molecule has 0 fully saturated rings. The van der Waals surface area contributed by atoms with Crippen LogP contribution in [0.25, 0.3) is 0 Å². The van der Waals surface area contributed by atoms with Crippen LogP contribution in [-0.2, 0) is 0 Å². The molecule has 32 valence electrons. The van der Waals surface area contributed by atoms with Crippen LogP contribution in [0.3, 0.4) is 0 Å². The normalized spacial score (nSPS) is 15.0. The van der Waals surface area contributed by atoms with Gasteiger partial charge in [-0.2, -0.15) is 0 Å². The molecule has 0 heterocycles. The Labute approximate surface area is 49.2 Å². The quantitative estimate of drug-likeness (QED) is 0.571. The van der Waals surface area contributed by atoms with E-state index in [1.165, 1.54) is 0 Å². The van der Waals surface area contributed by atoms with Crippen LogP contribution in [0, 0.1) is 0 Å². The summed E-state index contributed by atoms with van der Waals surface area (Å²) in [6.45, 7) is 2.09. The van der Waals surface area contributed by atoms with Gasteiger partial charge in [-0.3, -0.25) is 0 Å². The summed E-state index contributed by atoms with van der Waals surface area (Å²) in [6.07, 6.45) is 0. The molecule has 0 aliphatic carbocycles. The van der Waals surface area contributed by atoms with Crippen molar-refractivity contribution in [3.05, 3.63) is 0 Å². The number of hydrogen-bond donors (Lipinski definition) is 0. The highest BCUT2D eigenvalue weighted by Crippen LogP contribution is 1.99. The van der Waals surface area contributed by atoms with E-state index in [4.69, 9.17) is 0 Å². The molecule has 0 rings (SSSR count). The van der Waals surface area contributed by atoms with Crippen molar-refractivity contribution in [1.82, 2.24) is 0 Å². The van der Waals surface area contributed by atoms with E-state index in [2.05, 4.69) is 38.8 Å². The second-order valence-corrected chi connectivity index (χ2v) is 3.15. The van der Waals surface area contributed by atoms with Crippen LogP contribution in [0.1, 0.15) is 6.92 Å². The molecule has 0 aliphatic rings. The third-order valence-corrected chi connectivity index (χ3v) is 2.38. The van der Waals surface area contributed by atoms with E-state index in [1.807, 2.05) is 0 Å². The van der Waals surface area contributed by atoms with Gasteiger partial charge in [0.1, 0.15) is 0 Å². The summed E-state index contributed by atoms with van der Waals surface area (Å²) in [6, 6.07) is 0. The Balaban J connectivity index is 2.54. The van der Waals surface area contributed by atoms with Crippen LogP contribution in [0.2, 0.25) is 0 Å². The first-order valence-corrected chi connectivity index (χ1v) is 3.51. The van der Waals surface area contributed by atoms with Crippen molar-refractivity contribution in [2.45, 2.75) is 11.8 Å². The molecule has 0 aromatic carbocycles. The largest absolute Gasteiger partial charge is 0.0916 e. The molecular formula is C3H6Br2. The maximum absolute atomic E-state index is 3.33. The topological polar surface area (TPSA) is 0 Å². The summed E-state index contributed by atoms with van der Waals surface area (Å²) in [5.41, 5.74) is 0. The monoisotopic (exact) mass is 200 g/mol. The first-order valence-electron chi connectivity index (χ1n) is 1.47. The number of rotatable bonds is 1. The van der Waals surface area contributed by atoms with Gasteiger partial charge in [0.25, 0.3) is 0 Å². The summed E-state index contributed by atoms with van der Waals surface area (Å²) in [5, 5.41) is 1.03. The maximum atomic E-state index is 3.33. The highest BCUT2D eigenvalue weighted by Gasteiger charge is 1.84. The second kappa shape index (κ2) is 3.16. The standard InChI is InChI=1S/C3H6Br2/c1-3(5)2-4/h3H,2H2,1H3/t3-/m0/s1. The molecule has 0 radical (unpaired) electrons. The Hall–Kier alpha value is 0.960. The lowest BCUT2D eigenvalue weighted by Crippen LogP contribution is -1.85. The molecule has 5 heavy (non-hydrogen) atoms. The van der Waals surface area contributed by atoms with E-state index >= 15 is 0 Å². The molecule has 0 saturated carbocycles. The second-order valence-electron chi connectivity index (χ2n) is 0.935. The fourth-order valence-electron chi connectivity index (χ4n) is 0. The Morgan fingerprint density at radius 1 is 1.80 bits per heavy atom. The molecule has 0 saturated heterocycles. The minimum Gasteiger partial charge on any atom is -0.0916 e. The van der Waals surface area contributed by atoms with Crippen LogP contribution >= 0.6 is 31.9 Å². The van der Waals surface area contributed by atoms with Crippen LogP contribution in [0.4, 0.5) is 0 Å². The predicted octanol–water partition coefficient (Wildman–Crippen LogP) is 2.16. The third-order valence-electron chi connectivity index (χ3n) is 0.213. The van der Waals surface area contributed by atoms with E-state index in [1.54, 1.807) is 0 Å². The zero-order valence-electron chi connectivity index (χ0n) is 3.04. The van der Waals surface area contributed by atoms with Crippen LogP contribution in [0.15, 0.2) is 0 Å². The Morgan fingerprint density at radius 3 is 2.00 bits per heavy atom. The van der Waals surface area contributed by atoms with Crippen molar-refractivity contribution in [1.29, 1.82) is 0 Å². The molecule has 0 spiro atoms. The zero-order chi connectivity index (χ0) is 4.28. The van der Waals surface area contributed by atoms with Gasteiger partial charge in [0.05, 0.1) is 0 Å². The molecule has 0 bridgehead atoms. The molecule has 0 nitrogen and oxygen atoms in total. The van der Waals surface area contributed by atoms with Gasteiger partial charge in [-0.05, 0) is 0 Å². The smallest absolute Gasteiger partial charge is 0.0214 e. The predicted molar refractivity (Wildman–Crippen MR) is 32.2 cm³/mol. The van der Waals surface area contributed by atoms with E-state index in [0.717, 1.165) is 5.33 Å². The fourth-order valence-corrected chi connectivity index (χ4v) is 0. The van der Waals surface area contributed by atoms with E-state index in [0.29, 0.717) is 4.83 Å². The molecular weight excluding hydrogens is 196 g/mol. The SMILES string of the molecule is C[C@H](Br)CBr. The summed E-state index contributed by atoms with van der Waals surface area (Å²) in [5.74, 6) is 0. The summed E-state index contributed by atoms with van der Waals surface area (Å²) in [4.78, 5) is 0.613. The summed E-state index contributed by atoms with van der Waals surface area (Å²) >= 11 is 6.59. The highest BCUT2D eigenvalue weighted by molar-refractivity contribution is 9.12. The molecule has 0 aromatic heterocycles. The van der Waals surface area contributed by atoms with Gasteiger partial charge in [0.2, 0.25) is 0 Å². The average molecular weight is 202 g/mol. The van der Waals surface area contributed by atoms with E-state index in [9.17, 15) is 0 Å². The lowest BCUT2D eigenvalue weighted by atomic mass is 10.6. The van der Waals surface area contributed by atoms with Crippen molar-refractivity contribution < 1.29 is 0 Å². The van der Waals surface area contributed by atoms with Crippen molar-refractivity contribution in [3.8, 4) is 0 Å². The van der Waals surface area contributed by atoms with Gasteiger partial charge in [0, 0.05) is 10.2 Å². The zero-order valence-corrected chi connectivity index (χ0v) is 6.21. The third kappa shape index (κ3) is 4.96. The van der Waals surface area contributed by atoms with Gasteiger partial charge in [-0.1, -0.05) is 38.8 Å². The Bertz CT molecular complexity index is 18.9. The van der Waals surface area contributed by atoms with E-state index < -0.39 is 0 Å². The number of hydrogen-bond acceptors (Lipinski definition) is 0. The van der Waals surface area contributed by atoms with Crippen LogP contribution in [-0.4, -0.2) is 10.2 Å². The Morgan fingerprint density at radius 2 is 2.00 bits per heavy atom. The van der Waals surface area contributed by atoms with Crippen LogP contribution in [0.5, 0.6) is 0 Å². The molecule has 0 unspecified atom stereocenters. The molecule has 0 amide bonds. The van der Waals surface area contributed by atoms with Crippen molar-refractivity contribution in [3.63, 3.8) is 0 Å². The van der Waals surface area contributed by atoms with E-state index in [-0.39, 0.29) is 0 Å². The van der Waals surface area contributed by atoms with Gasteiger partial charge in [-0.15, -0.1) is 0 Å². The lowest BCUT2D eigenvalue weighted by Gasteiger charge is -1.86. The van der Waals surface area contributed by atoms with Gasteiger partial charge in [-0.25, -0.2) is 0 Å².